The molecule has 87 heavy (non-hydrogen) atoms. The zero-order valence-electron chi connectivity index (χ0n) is 56.0. The van der Waals surface area contributed by atoms with Crippen molar-refractivity contribution < 1.29 is 80.2 Å². The van der Waals surface area contributed by atoms with Crippen LogP contribution in [0.4, 0.5) is 0 Å². The second-order valence-electron chi connectivity index (χ2n) is 24.6. The summed E-state index contributed by atoms with van der Waals surface area (Å²) in [6.07, 6.45) is 49.9. The summed E-state index contributed by atoms with van der Waals surface area (Å²) in [6, 6.07) is 0. The Labute approximate surface area is 530 Å². The van der Waals surface area contributed by atoms with Crippen molar-refractivity contribution >= 4 is 39.5 Å². The van der Waals surface area contributed by atoms with Crippen molar-refractivity contribution in [2.24, 2.45) is 0 Å². The Hall–Kier alpha value is -1.94. The van der Waals surface area contributed by atoms with Crippen molar-refractivity contribution in [1.82, 2.24) is 0 Å². The van der Waals surface area contributed by atoms with Gasteiger partial charge in [0.05, 0.1) is 26.4 Å². The third-order valence-corrected chi connectivity index (χ3v) is 17.8. The quantitative estimate of drug-likeness (QED) is 0.0222. The van der Waals surface area contributed by atoms with E-state index in [1.165, 1.54) is 186 Å². The molecule has 2 unspecified atom stereocenters. The number of hydrogen-bond donors (Lipinski definition) is 3. The number of aliphatic hydroxyl groups is 1. The van der Waals surface area contributed by atoms with E-state index in [4.69, 9.17) is 37.0 Å². The fourth-order valence-electron chi connectivity index (χ4n) is 10.3. The molecule has 516 valence electrons. The summed E-state index contributed by atoms with van der Waals surface area (Å²) in [6.45, 7) is 4.90. The van der Waals surface area contributed by atoms with Crippen LogP contribution in [0, 0.1) is 0 Å². The molecule has 17 nitrogen and oxygen atoms in total. The van der Waals surface area contributed by atoms with Crippen LogP contribution < -0.4 is 0 Å². The number of carbonyl (C=O) groups is 4. The zero-order chi connectivity index (χ0) is 64.0. The highest BCUT2D eigenvalue weighted by Gasteiger charge is 2.30. The van der Waals surface area contributed by atoms with Gasteiger partial charge in [-0.05, 0) is 25.7 Å². The van der Waals surface area contributed by atoms with Crippen LogP contribution in [-0.2, 0) is 65.4 Å². The van der Waals surface area contributed by atoms with Gasteiger partial charge in [0, 0.05) is 25.7 Å². The van der Waals surface area contributed by atoms with Gasteiger partial charge in [-0.3, -0.25) is 37.3 Å². The van der Waals surface area contributed by atoms with Crippen LogP contribution in [0.3, 0.4) is 0 Å². The summed E-state index contributed by atoms with van der Waals surface area (Å²) in [7, 11) is -9.89. The average Bonchev–Trinajstić information content (AvgIpc) is 3.59. The van der Waals surface area contributed by atoms with Crippen LogP contribution in [0.2, 0.25) is 0 Å². The van der Waals surface area contributed by atoms with Gasteiger partial charge in [-0.1, -0.05) is 304 Å². The maximum atomic E-state index is 13.0. The molecule has 0 bridgehead atoms. The molecular formula is C68H132O17P2. The van der Waals surface area contributed by atoms with E-state index < -0.39 is 97.5 Å². The van der Waals surface area contributed by atoms with Gasteiger partial charge in [0.25, 0.3) is 0 Å². The SMILES string of the molecule is CCCCCCCCCCCCCCCCCCCC(=O)O[C@H](COC(=O)CCCCCCCCCCCCCC)COP(=O)(O)OC[C@@H](O)COP(=O)(O)OC[C@@H](COC(=O)CCCCCCCCCCC)OC(=O)CCCCCCCCCCC. The lowest BCUT2D eigenvalue weighted by atomic mass is 10.0. The normalized spacial score (nSPS) is 14.1. The Morgan fingerprint density at radius 3 is 0.678 bits per heavy atom. The Morgan fingerprint density at radius 2 is 0.460 bits per heavy atom. The van der Waals surface area contributed by atoms with E-state index in [0.717, 1.165) is 89.9 Å². The number of phosphoric ester groups is 2. The monoisotopic (exact) mass is 1280 g/mol. The second kappa shape index (κ2) is 62.8. The third kappa shape index (κ3) is 62.6. The summed E-state index contributed by atoms with van der Waals surface area (Å²) in [5, 5.41) is 10.6. The van der Waals surface area contributed by atoms with Gasteiger partial charge in [0.1, 0.15) is 19.3 Å². The lowest BCUT2D eigenvalue weighted by Gasteiger charge is -2.21. The van der Waals surface area contributed by atoms with Gasteiger partial charge in [0.2, 0.25) is 0 Å². The molecule has 3 N–H and O–H groups in total. The third-order valence-electron chi connectivity index (χ3n) is 15.9. The van der Waals surface area contributed by atoms with Crippen LogP contribution in [0.5, 0.6) is 0 Å². The highest BCUT2D eigenvalue weighted by molar-refractivity contribution is 7.47. The van der Waals surface area contributed by atoms with Crippen molar-refractivity contribution in [3.8, 4) is 0 Å². The molecule has 0 saturated carbocycles. The van der Waals surface area contributed by atoms with Crippen LogP contribution in [-0.4, -0.2) is 96.7 Å². The number of aliphatic hydroxyl groups excluding tert-OH is 1. The maximum absolute atomic E-state index is 13.0. The van der Waals surface area contributed by atoms with E-state index in [9.17, 15) is 43.2 Å². The Balaban J connectivity index is 5.20. The molecule has 19 heteroatoms. The summed E-state index contributed by atoms with van der Waals surface area (Å²) < 4.78 is 68.1. The number of esters is 4. The van der Waals surface area contributed by atoms with E-state index >= 15 is 0 Å². The minimum Gasteiger partial charge on any atom is -0.462 e. The van der Waals surface area contributed by atoms with Crippen LogP contribution in [0.1, 0.15) is 355 Å². The molecule has 0 rings (SSSR count). The number of phosphoric acid groups is 2. The highest BCUT2D eigenvalue weighted by atomic mass is 31.2. The van der Waals surface area contributed by atoms with Crippen molar-refractivity contribution in [3.05, 3.63) is 0 Å². The number of ether oxygens (including phenoxy) is 4. The van der Waals surface area contributed by atoms with Crippen LogP contribution >= 0.6 is 15.6 Å². The van der Waals surface area contributed by atoms with Gasteiger partial charge < -0.3 is 33.8 Å². The number of carbonyl (C=O) groups excluding carboxylic acids is 4. The number of rotatable bonds is 69. The van der Waals surface area contributed by atoms with Gasteiger partial charge in [0.15, 0.2) is 12.2 Å². The first kappa shape index (κ1) is 85.1. The van der Waals surface area contributed by atoms with Crippen LogP contribution in [0.15, 0.2) is 0 Å². The smallest absolute Gasteiger partial charge is 0.462 e. The average molecular weight is 1280 g/mol. The maximum Gasteiger partial charge on any atom is 0.472 e. The zero-order valence-corrected chi connectivity index (χ0v) is 57.8. The van der Waals surface area contributed by atoms with Gasteiger partial charge in [-0.2, -0.15) is 0 Å². The molecular weight excluding hydrogens is 1150 g/mol. The van der Waals surface area contributed by atoms with Crippen LogP contribution in [0.25, 0.3) is 0 Å². The fourth-order valence-corrected chi connectivity index (χ4v) is 11.9. The minimum atomic E-state index is -4.95. The molecule has 5 atom stereocenters. The number of unbranched alkanes of at least 4 members (excludes halogenated alkanes) is 43. The summed E-state index contributed by atoms with van der Waals surface area (Å²) in [5.74, 6) is -2.13. The fraction of sp³-hybridized carbons (Fsp3) is 0.941. The van der Waals surface area contributed by atoms with E-state index in [1.54, 1.807) is 0 Å². The molecule has 0 saturated heterocycles. The molecule has 0 aliphatic rings. The largest absolute Gasteiger partial charge is 0.472 e. The highest BCUT2D eigenvalue weighted by Crippen LogP contribution is 2.45. The summed E-state index contributed by atoms with van der Waals surface area (Å²) in [5.41, 5.74) is 0. The number of hydrogen-bond acceptors (Lipinski definition) is 15. The molecule has 0 aliphatic heterocycles. The van der Waals surface area contributed by atoms with Crippen molar-refractivity contribution in [1.29, 1.82) is 0 Å². The first-order valence-corrected chi connectivity index (χ1v) is 38.8. The van der Waals surface area contributed by atoms with E-state index in [1.807, 2.05) is 0 Å². The Bertz CT molecular complexity index is 1670. The van der Waals surface area contributed by atoms with Crippen molar-refractivity contribution in [2.75, 3.05) is 39.6 Å². The first-order valence-electron chi connectivity index (χ1n) is 35.8. The summed E-state index contributed by atoms with van der Waals surface area (Å²) in [4.78, 5) is 72.3. The lowest BCUT2D eigenvalue weighted by Crippen LogP contribution is -2.30. The minimum absolute atomic E-state index is 0.106. The van der Waals surface area contributed by atoms with Gasteiger partial charge in [-0.15, -0.1) is 0 Å². The predicted octanol–water partition coefficient (Wildman–Crippen LogP) is 19.5. The topological polar surface area (TPSA) is 237 Å². The van der Waals surface area contributed by atoms with E-state index in [2.05, 4.69) is 27.7 Å². The first-order chi connectivity index (χ1) is 42.2. The molecule has 0 aromatic heterocycles. The van der Waals surface area contributed by atoms with Gasteiger partial charge in [-0.25, -0.2) is 9.13 Å². The molecule has 0 aromatic rings. The molecule has 0 radical (unpaired) electrons. The predicted molar refractivity (Wildman–Crippen MR) is 349 cm³/mol. The molecule has 0 amide bonds. The molecule has 0 spiro atoms. The second-order valence-corrected chi connectivity index (χ2v) is 27.5. The van der Waals surface area contributed by atoms with E-state index in [-0.39, 0.29) is 25.7 Å². The molecule has 0 aromatic carbocycles. The molecule has 0 heterocycles. The standard InChI is InChI=1S/C68H132O17P2/c1-5-9-13-17-21-25-27-29-30-31-32-33-35-39-43-47-51-55-68(73)85-64(59-79-66(71)53-49-45-41-38-34-28-26-22-18-14-10-6-2)61-83-87(76,77)81-57-62(69)56-80-86(74,75)82-60-63(84-67(72)54-50-46-42-37-24-20-16-12-8-4)58-78-65(70)52-48-44-40-36-23-19-15-11-7-3/h62-64,69H,5-61H2,1-4H3,(H,74,75)(H,76,77)/t62-,63+,64+/m0/s1. The lowest BCUT2D eigenvalue weighted by molar-refractivity contribution is -0.161. The molecule has 0 fully saturated rings. The van der Waals surface area contributed by atoms with Crippen molar-refractivity contribution in [3.63, 3.8) is 0 Å². The van der Waals surface area contributed by atoms with E-state index in [0.29, 0.717) is 25.7 Å². The molecule has 0 aliphatic carbocycles. The summed E-state index contributed by atoms with van der Waals surface area (Å²) >= 11 is 0. The van der Waals surface area contributed by atoms with Crippen molar-refractivity contribution in [2.45, 2.75) is 373 Å². The Morgan fingerprint density at radius 1 is 0.276 bits per heavy atom. The van der Waals surface area contributed by atoms with Gasteiger partial charge >= 0.3 is 39.5 Å². The Kier molecular flexibility index (Phi) is 61.4.